The molecule has 7 nitrogen and oxygen atoms in total. The lowest BCUT2D eigenvalue weighted by atomic mass is 10.2. The summed E-state index contributed by atoms with van der Waals surface area (Å²) in [5.41, 5.74) is -0.576. The average molecular weight is 371 g/mol. The highest BCUT2D eigenvalue weighted by Gasteiger charge is 2.32. The maximum atomic E-state index is 12.8. The first kappa shape index (κ1) is 17.3. The lowest BCUT2D eigenvalue weighted by molar-refractivity contribution is -0.137. The summed E-state index contributed by atoms with van der Waals surface area (Å²) >= 11 is 0. The van der Waals surface area contributed by atoms with Crippen LogP contribution in [0.4, 0.5) is 13.2 Å². The molecule has 3 aromatic heterocycles. The van der Waals surface area contributed by atoms with E-state index < -0.39 is 21.6 Å². The van der Waals surface area contributed by atoms with Crippen molar-refractivity contribution >= 4 is 21.0 Å². The number of aryl methyl sites for hydroxylation is 1. The maximum absolute atomic E-state index is 12.8. The highest BCUT2D eigenvalue weighted by atomic mass is 32.2. The standard InChI is InChI=1S/C14H12F3N5O2S/c1-3-25(23,24)13-9(4-5-19-21-13)11-20-10-6-8(14(15,16)17)7-18-12(10)22(11)2/h4-7H,3H2,1-2H3. The van der Waals surface area contributed by atoms with E-state index in [1.54, 1.807) is 0 Å². The fourth-order valence-electron chi connectivity index (χ4n) is 2.33. The summed E-state index contributed by atoms with van der Waals surface area (Å²) in [6.45, 7) is 1.46. The second-order valence-corrected chi connectivity index (χ2v) is 7.41. The molecule has 11 heteroatoms. The third-order valence-electron chi connectivity index (χ3n) is 3.64. The van der Waals surface area contributed by atoms with Gasteiger partial charge in [0.05, 0.1) is 23.1 Å². The lowest BCUT2D eigenvalue weighted by Gasteiger charge is -2.07. The van der Waals surface area contributed by atoms with Crippen LogP contribution in [-0.2, 0) is 23.1 Å². The molecule has 0 saturated carbocycles. The summed E-state index contributed by atoms with van der Waals surface area (Å²) in [5, 5.41) is 6.99. The zero-order valence-electron chi connectivity index (χ0n) is 13.1. The molecule has 0 fully saturated rings. The molecule has 0 bridgehead atoms. The van der Waals surface area contributed by atoms with Crippen LogP contribution in [-0.4, -0.2) is 38.9 Å². The first-order chi connectivity index (χ1) is 11.6. The van der Waals surface area contributed by atoms with Gasteiger partial charge in [0.15, 0.2) is 20.5 Å². The van der Waals surface area contributed by atoms with Crippen LogP contribution >= 0.6 is 0 Å². The Labute approximate surface area is 140 Å². The van der Waals surface area contributed by atoms with Crippen LogP contribution in [0, 0.1) is 0 Å². The Bertz CT molecular complexity index is 1060. The molecule has 3 aromatic rings. The molecule has 0 saturated heterocycles. The zero-order chi connectivity index (χ0) is 18.4. The fourth-order valence-corrected chi connectivity index (χ4v) is 3.27. The number of pyridine rings is 1. The van der Waals surface area contributed by atoms with Crippen molar-refractivity contribution in [2.24, 2.45) is 7.05 Å². The number of rotatable bonds is 3. The van der Waals surface area contributed by atoms with Gasteiger partial charge in [0.2, 0.25) is 0 Å². The molecule has 0 unspecified atom stereocenters. The Morgan fingerprint density at radius 3 is 2.64 bits per heavy atom. The lowest BCUT2D eigenvalue weighted by Crippen LogP contribution is -2.10. The highest BCUT2D eigenvalue weighted by Crippen LogP contribution is 2.32. The summed E-state index contributed by atoms with van der Waals surface area (Å²) in [4.78, 5) is 7.93. The summed E-state index contributed by atoms with van der Waals surface area (Å²) < 4.78 is 64.3. The van der Waals surface area contributed by atoms with Crippen LogP contribution in [0.3, 0.4) is 0 Å². The van der Waals surface area contributed by atoms with E-state index in [0.717, 1.165) is 6.07 Å². The monoisotopic (exact) mass is 371 g/mol. The molecule has 0 spiro atoms. The summed E-state index contributed by atoms with van der Waals surface area (Å²) in [5.74, 6) is -0.0530. The van der Waals surface area contributed by atoms with Crippen LogP contribution < -0.4 is 0 Å². The smallest absolute Gasteiger partial charge is 0.312 e. The summed E-state index contributed by atoms with van der Waals surface area (Å²) in [7, 11) is -2.15. The van der Waals surface area contributed by atoms with Gasteiger partial charge >= 0.3 is 6.18 Å². The summed E-state index contributed by atoms with van der Waals surface area (Å²) in [6, 6.07) is 2.27. The van der Waals surface area contributed by atoms with E-state index in [9.17, 15) is 21.6 Å². The van der Waals surface area contributed by atoms with Crippen molar-refractivity contribution in [2.45, 2.75) is 18.1 Å². The molecular formula is C14H12F3N5O2S. The number of nitrogens with zero attached hydrogens (tertiary/aromatic N) is 5. The third-order valence-corrected chi connectivity index (χ3v) is 5.29. The van der Waals surface area contributed by atoms with E-state index >= 15 is 0 Å². The van der Waals surface area contributed by atoms with Gasteiger partial charge in [-0.2, -0.15) is 18.3 Å². The van der Waals surface area contributed by atoms with Crippen molar-refractivity contribution in [1.82, 2.24) is 24.7 Å². The molecular weight excluding hydrogens is 359 g/mol. The molecule has 0 aliphatic carbocycles. The van der Waals surface area contributed by atoms with E-state index in [4.69, 9.17) is 0 Å². The van der Waals surface area contributed by atoms with Gasteiger partial charge in [-0.15, -0.1) is 5.10 Å². The Hall–Kier alpha value is -2.56. The number of fused-ring (bicyclic) bond motifs is 1. The highest BCUT2D eigenvalue weighted by molar-refractivity contribution is 7.91. The predicted molar refractivity (Wildman–Crippen MR) is 82.3 cm³/mol. The van der Waals surface area contributed by atoms with E-state index in [1.807, 2.05) is 0 Å². The Balaban J connectivity index is 2.26. The Morgan fingerprint density at radius 1 is 1.28 bits per heavy atom. The molecule has 25 heavy (non-hydrogen) atoms. The Kier molecular flexibility index (Phi) is 3.98. The van der Waals surface area contributed by atoms with E-state index in [2.05, 4.69) is 20.2 Å². The van der Waals surface area contributed by atoms with Crippen LogP contribution in [0.1, 0.15) is 12.5 Å². The molecule has 0 aliphatic rings. The molecule has 0 aliphatic heterocycles. The number of aromatic nitrogens is 5. The molecule has 0 amide bonds. The van der Waals surface area contributed by atoms with Crippen molar-refractivity contribution in [1.29, 1.82) is 0 Å². The van der Waals surface area contributed by atoms with Gasteiger partial charge in [0.1, 0.15) is 11.3 Å². The van der Waals surface area contributed by atoms with Crippen molar-refractivity contribution in [3.63, 3.8) is 0 Å². The van der Waals surface area contributed by atoms with Crippen LogP contribution in [0.2, 0.25) is 0 Å². The second-order valence-electron chi connectivity index (χ2n) is 5.21. The van der Waals surface area contributed by atoms with Gasteiger partial charge < -0.3 is 4.57 Å². The number of sulfone groups is 1. The predicted octanol–water partition coefficient (Wildman–Crippen LogP) is 2.24. The topological polar surface area (TPSA) is 90.6 Å². The van der Waals surface area contributed by atoms with Gasteiger partial charge in [-0.3, -0.25) is 0 Å². The van der Waals surface area contributed by atoms with Gasteiger partial charge in [0, 0.05) is 13.2 Å². The SMILES string of the molecule is CCS(=O)(=O)c1nnccc1-c1nc2cc(C(F)(F)F)cnc2n1C. The van der Waals surface area contributed by atoms with Crippen LogP contribution in [0.15, 0.2) is 29.6 Å². The minimum Gasteiger partial charge on any atom is -0.312 e. The molecule has 0 atom stereocenters. The minimum absolute atomic E-state index is 0.00369. The van der Waals surface area contributed by atoms with Crippen molar-refractivity contribution in [2.75, 3.05) is 5.75 Å². The molecule has 132 valence electrons. The number of imidazole rings is 1. The van der Waals surface area contributed by atoms with E-state index in [0.29, 0.717) is 6.20 Å². The minimum atomic E-state index is -4.55. The largest absolute Gasteiger partial charge is 0.417 e. The second kappa shape index (κ2) is 5.76. The molecule has 0 aromatic carbocycles. The van der Waals surface area contributed by atoms with Crippen molar-refractivity contribution in [3.8, 4) is 11.4 Å². The van der Waals surface area contributed by atoms with Gasteiger partial charge in [0.25, 0.3) is 0 Å². The zero-order valence-corrected chi connectivity index (χ0v) is 13.9. The first-order valence-electron chi connectivity index (χ1n) is 7.09. The summed E-state index contributed by atoms with van der Waals surface area (Å²) in [6.07, 6.45) is -2.55. The average Bonchev–Trinajstić information content (AvgIpc) is 2.90. The third kappa shape index (κ3) is 2.95. The number of alkyl halides is 3. The molecule has 0 radical (unpaired) electrons. The van der Waals surface area contributed by atoms with Gasteiger partial charge in [-0.25, -0.2) is 18.4 Å². The van der Waals surface area contributed by atoms with Crippen LogP contribution in [0.5, 0.6) is 0 Å². The van der Waals surface area contributed by atoms with Crippen molar-refractivity contribution in [3.05, 3.63) is 30.1 Å². The number of hydrogen-bond donors (Lipinski definition) is 0. The molecule has 3 heterocycles. The number of hydrogen-bond acceptors (Lipinski definition) is 6. The molecule has 3 rings (SSSR count). The fraction of sp³-hybridized carbons (Fsp3) is 0.286. The normalized spacial score (nSPS) is 12.7. The van der Waals surface area contributed by atoms with Crippen LogP contribution in [0.25, 0.3) is 22.6 Å². The van der Waals surface area contributed by atoms with E-state index in [-0.39, 0.29) is 33.3 Å². The molecule has 0 N–H and O–H groups in total. The van der Waals surface area contributed by atoms with Crippen molar-refractivity contribution < 1.29 is 21.6 Å². The van der Waals surface area contributed by atoms with E-state index in [1.165, 1.54) is 30.8 Å². The van der Waals surface area contributed by atoms with Gasteiger partial charge in [-0.05, 0) is 12.1 Å². The Morgan fingerprint density at radius 2 is 2.00 bits per heavy atom. The van der Waals surface area contributed by atoms with Gasteiger partial charge in [-0.1, -0.05) is 6.92 Å². The quantitative estimate of drug-likeness (QED) is 0.701. The number of halogens is 3. The maximum Gasteiger partial charge on any atom is 0.417 e. The first-order valence-corrected chi connectivity index (χ1v) is 8.75.